The van der Waals surface area contributed by atoms with E-state index in [2.05, 4.69) is 25.5 Å². The average molecular weight is 285 g/mol. The summed E-state index contributed by atoms with van der Waals surface area (Å²) in [7, 11) is 1.85. The van der Waals surface area contributed by atoms with E-state index in [1.807, 2.05) is 20.2 Å². The van der Waals surface area contributed by atoms with Crippen molar-refractivity contribution in [3.8, 4) is 0 Å². The molecule has 2 aromatic heterocycles. The Hall–Kier alpha value is -0.860. The van der Waals surface area contributed by atoms with Gasteiger partial charge in [0.25, 0.3) is 0 Å². The predicted octanol–water partition coefficient (Wildman–Crippen LogP) is 2.55. The molecular formula is C9H11N5S3. The zero-order valence-electron chi connectivity index (χ0n) is 9.59. The van der Waals surface area contributed by atoms with Crippen molar-refractivity contribution >= 4 is 40.7 Å². The smallest absolute Gasteiger partial charge is 0.181 e. The number of nitrogens with one attached hydrogen (secondary N) is 1. The minimum Gasteiger partial charge on any atom is -0.373 e. The largest absolute Gasteiger partial charge is 0.373 e. The molecule has 0 amide bonds. The zero-order valence-corrected chi connectivity index (χ0v) is 12.0. The fourth-order valence-electron chi connectivity index (χ4n) is 1.19. The molecule has 0 saturated carbocycles. The van der Waals surface area contributed by atoms with Gasteiger partial charge in [-0.3, -0.25) is 0 Å². The van der Waals surface area contributed by atoms with Crippen molar-refractivity contribution in [2.45, 2.75) is 20.6 Å². The van der Waals surface area contributed by atoms with E-state index < -0.39 is 0 Å². The molecule has 0 bridgehead atoms. The second-order valence-corrected chi connectivity index (χ2v) is 6.31. The molecule has 0 atom stereocenters. The summed E-state index contributed by atoms with van der Waals surface area (Å²) in [6.45, 7) is 1.99. The number of thioether (sulfide) groups is 1. The van der Waals surface area contributed by atoms with Crippen LogP contribution < -0.4 is 5.32 Å². The van der Waals surface area contributed by atoms with Gasteiger partial charge in [0, 0.05) is 12.6 Å². The third-order valence-electron chi connectivity index (χ3n) is 2.02. The Morgan fingerprint density at radius 3 is 2.65 bits per heavy atom. The summed E-state index contributed by atoms with van der Waals surface area (Å²) < 4.78 is 1.87. The first-order valence-corrected chi connectivity index (χ1v) is 7.65. The second kappa shape index (κ2) is 5.65. The number of anilines is 1. The fourth-order valence-corrected chi connectivity index (χ4v) is 3.59. The van der Waals surface area contributed by atoms with Crippen molar-refractivity contribution in [3.05, 3.63) is 11.9 Å². The van der Waals surface area contributed by atoms with Gasteiger partial charge in [0.1, 0.15) is 17.2 Å². The molecule has 0 aliphatic heterocycles. The lowest BCUT2D eigenvalue weighted by atomic mass is 10.3. The molecule has 2 aromatic rings. The molecule has 0 aliphatic carbocycles. The normalized spacial score (nSPS) is 10.5. The molecule has 0 saturated heterocycles. The number of hydrogen-bond acceptors (Lipinski definition) is 8. The van der Waals surface area contributed by atoms with Crippen LogP contribution in [-0.2, 0) is 0 Å². The highest BCUT2D eigenvalue weighted by Gasteiger charge is 2.11. The van der Waals surface area contributed by atoms with E-state index in [-0.39, 0.29) is 0 Å². The summed E-state index contributed by atoms with van der Waals surface area (Å²) in [6.07, 6.45) is 3.54. The summed E-state index contributed by atoms with van der Waals surface area (Å²) in [6, 6.07) is 0. The van der Waals surface area contributed by atoms with Gasteiger partial charge < -0.3 is 5.32 Å². The Labute approximate surface area is 112 Å². The van der Waals surface area contributed by atoms with Gasteiger partial charge in [-0.25, -0.2) is 9.97 Å². The maximum atomic E-state index is 4.26. The highest BCUT2D eigenvalue weighted by molar-refractivity contribution is 8.03. The molecule has 2 heterocycles. The van der Waals surface area contributed by atoms with Crippen LogP contribution in [0.2, 0.25) is 0 Å². The summed E-state index contributed by atoms with van der Waals surface area (Å²) in [5, 5.41) is 12.1. The molecule has 2 rings (SSSR count). The van der Waals surface area contributed by atoms with Gasteiger partial charge in [-0.05, 0) is 24.9 Å². The van der Waals surface area contributed by atoms with Crippen molar-refractivity contribution in [1.29, 1.82) is 0 Å². The SMILES string of the molecule is CNc1ncnc(Sc2nnc(SC)s2)c1C. The van der Waals surface area contributed by atoms with Crippen LogP contribution in [-0.4, -0.2) is 33.5 Å². The minimum absolute atomic E-state index is 0.845. The van der Waals surface area contributed by atoms with Crippen LogP contribution in [0.5, 0.6) is 0 Å². The number of rotatable bonds is 4. The maximum absolute atomic E-state index is 4.26. The van der Waals surface area contributed by atoms with Crippen LogP contribution in [0.4, 0.5) is 5.82 Å². The van der Waals surface area contributed by atoms with Gasteiger partial charge in [0.15, 0.2) is 8.68 Å². The van der Waals surface area contributed by atoms with Crippen molar-refractivity contribution in [3.63, 3.8) is 0 Å². The first-order valence-electron chi connectivity index (χ1n) is 4.79. The quantitative estimate of drug-likeness (QED) is 0.684. The molecule has 0 radical (unpaired) electrons. The topological polar surface area (TPSA) is 63.6 Å². The first kappa shape index (κ1) is 12.6. The van der Waals surface area contributed by atoms with E-state index in [1.165, 1.54) is 11.8 Å². The van der Waals surface area contributed by atoms with Gasteiger partial charge in [-0.1, -0.05) is 23.1 Å². The zero-order chi connectivity index (χ0) is 12.3. The van der Waals surface area contributed by atoms with Crippen LogP contribution in [0.3, 0.4) is 0 Å². The maximum Gasteiger partial charge on any atom is 0.181 e. The second-order valence-electron chi connectivity index (χ2n) is 3.04. The third-order valence-corrected chi connectivity index (χ3v) is 5.08. The third kappa shape index (κ3) is 2.88. The minimum atomic E-state index is 0.845. The molecule has 0 unspecified atom stereocenters. The van der Waals surface area contributed by atoms with Crippen molar-refractivity contribution < 1.29 is 0 Å². The fraction of sp³-hybridized carbons (Fsp3) is 0.333. The lowest BCUT2D eigenvalue weighted by Gasteiger charge is -2.06. The van der Waals surface area contributed by atoms with E-state index in [4.69, 9.17) is 0 Å². The van der Waals surface area contributed by atoms with Crippen molar-refractivity contribution in [1.82, 2.24) is 20.2 Å². The standard InChI is InChI=1S/C9H11N5S3/c1-5-6(10-2)11-4-12-7(5)16-9-14-13-8(15-3)17-9/h4H,1-3H3,(H,10,11,12). The van der Waals surface area contributed by atoms with Crippen LogP contribution in [0, 0.1) is 6.92 Å². The highest BCUT2D eigenvalue weighted by Crippen LogP contribution is 2.34. The molecule has 0 fully saturated rings. The van der Waals surface area contributed by atoms with Crippen LogP contribution in [0.1, 0.15) is 5.56 Å². The lowest BCUT2D eigenvalue weighted by molar-refractivity contribution is 0.948. The Morgan fingerprint density at radius 2 is 2.00 bits per heavy atom. The molecule has 17 heavy (non-hydrogen) atoms. The molecular weight excluding hydrogens is 274 g/mol. The Morgan fingerprint density at radius 1 is 1.24 bits per heavy atom. The molecule has 5 nitrogen and oxygen atoms in total. The Kier molecular flexibility index (Phi) is 4.19. The number of nitrogens with zero attached hydrogens (tertiary/aromatic N) is 4. The molecule has 0 spiro atoms. The number of aromatic nitrogens is 4. The molecule has 8 heteroatoms. The van der Waals surface area contributed by atoms with E-state index in [0.717, 1.165) is 25.1 Å². The Bertz CT molecular complexity index is 513. The summed E-state index contributed by atoms with van der Waals surface area (Å²) in [5.41, 5.74) is 1.03. The average Bonchev–Trinajstić information content (AvgIpc) is 2.79. The summed E-state index contributed by atoms with van der Waals surface area (Å²) >= 11 is 4.69. The first-order chi connectivity index (χ1) is 8.24. The summed E-state index contributed by atoms with van der Waals surface area (Å²) in [4.78, 5) is 8.41. The predicted molar refractivity (Wildman–Crippen MR) is 72.1 cm³/mol. The van der Waals surface area contributed by atoms with Gasteiger partial charge in [0.05, 0.1) is 0 Å². The molecule has 1 N–H and O–H groups in total. The van der Waals surface area contributed by atoms with E-state index in [0.29, 0.717) is 0 Å². The van der Waals surface area contributed by atoms with E-state index >= 15 is 0 Å². The number of hydrogen-bond donors (Lipinski definition) is 1. The van der Waals surface area contributed by atoms with Gasteiger partial charge in [-0.2, -0.15) is 0 Å². The monoisotopic (exact) mass is 285 g/mol. The van der Waals surface area contributed by atoms with E-state index in [9.17, 15) is 0 Å². The molecule has 0 aromatic carbocycles. The van der Waals surface area contributed by atoms with Crippen molar-refractivity contribution in [2.24, 2.45) is 0 Å². The Balaban J connectivity index is 2.23. The van der Waals surface area contributed by atoms with Crippen LogP contribution in [0.25, 0.3) is 0 Å². The van der Waals surface area contributed by atoms with Crippen molar-refractivity contribution in [2.75, 3.05) is 18.6 Å². The van der Waals surface area contributed by atoms with Crippen LogP contribution in [0.15, 0.2) is 20.0 Å². The highest BCUT2D eigenvalue weighted by atomic mass is 32.2. The van der Waals surface area contributed by atoms with Crippen LogP contribution >= 0.6 is 34.9 Å². The van der Waals surface area contributed by atoms with Gasteiger partial charge in [0.2, 0.25) is 0 Å². The van der Waals surface area contributed by atoms with E-state index in [1.54, 1.807) is 29.4 Å². The lowest BCUT2D eigenvalue weighted by Crippen LogP contribution is -1.98. The van der Waals surface area contributed by atoms with Gasteiger partial charge >= 0.3 is 0 Å². The van der Waals surface area contributed by atoms with Gasteiger partial charge in [-0.15, -0.1) is 10.2 Å². The molecule has 0 aliphatic rings. The summed E-state index contributed by atoms with van der Waals surface area (Å²) in [5.74, 6) is 0.845. The molecule has 90 valence electrons.